The van der Waals surface area contributed by atoms with Crippen molar-refractivity contribution in [3.05, 3.63) is 65.7 Å². The van der Waals surface area contributed by atoms with E-state index in [2.05, 4.69) is 37.3 Å². The van der Waals surface area contributed by atoms with Crippen LogP contribution >= 0.6 is 0 Å². The topological polar surface area (TPSA) is 72.8 Å². The molecule has 6 heteroatoms. The van der Waals surface area contributed by atoms with Gasteiger partial charge >= 0.3 is 5.97 Å². The number of aryl methyl sites for hydroxylation is 1. The molecule has 0 aromatic heterocycles. The Hall–Kier alpha value is -2.47. The second-order valence-corrected chi connectivity index (χ2v) is 10.7. The van der Waals surface area contributed by atoms with Gasteiger partial charge in [0.05, 0.1) is 4.90 Å². The Morgan fingerprint density at radius 2 is 1.71 bits per heavy atom. The van der Waals surface area contributed by atoms with Crippen molar-refractivity contribution < 1.29 is 17.9 Å². The fourth-order valence-corrected chi connectivity index (χ4v) is 5.26. The van der Waals surface area contributed by atoms with Gasteiger partial charge in [0.25, 0.3) is 10.0 Å². The summed E-state index contributed by atoms with van der Waals surface area (Å²) >= 11 is 0. The van der Waals surface area contributed by atoms with E-state index in [-0.39, 0.29) is 22.3 Å². The highest BCUT2D eigenvalue weighted by Gasteiger charge is 2.41. The van der Waals surface area contributed by atoms with E-state index in [1.807, 2.05) is 25.1 Å². The minimum absolute atomic E-state index is 0.0523. The van der Waals surface area contributed by atoms with Crippen molar-refractivity contribution in [3.8, 4) is 0 Å². The van der Waals surface area contributed by atoms with Gasteiger partial charge in [-0.1, -0.05) is 75.2 Å². The number of hydrogen-bond acceptors (Lipinski definition) is 4. The van der Waals surface area contributed by atoms with Crippen molar-refractivity contribution in [2.45, 2.75) is 63.4 Å². The predicted octanol–water partition coefficient (Wildman–Crippen LogP) is 5.08. The quantitative estimate of drug-likeness (QED) is 0.463. The highest BCUT2D eigenvalue weighted by molar-refractivity contribution is 7.90. The fraction of sp³-hybridized carbons (Fsp3) is 0.440. The number of nitrogens with zero attached hydrogens (tertiary/aromatic N) is 1. The summed E-state index contributed by atoms with van der Waals surface area (Å²) in [5.41, 5.74) is 1.96. The largest absolute Gasteiger partial charge is 0.458 e. The van der Waals surface area contributed by atoms with Gasteiger partial charge in [0.1, 0.15) is 12.3 Å². The van der Waals surface area contributed by atoms with E-state index in [9.17, 15) is 13.2 Å². The number of ether oxygens (including phenoxy) is 1. The van der Waals surface area contributed by atoms with Crippen LogP contribution < -0.4 is 0 Å². The lowest BCUT2D eigenvalue weighted by Gasteiger charge is -2.43. The summed E-state index contributed by atoms with van der Waals surface area (Å²) in [5, 5.41) is 0. The number of carbonyl (C=O) groups is 1. The first-order valence-electron chi connectivity index (χ1n) is 10.7. The number of carbonyl (C=O) groups excluding carboxylic acids is 1. The number of benzene rings is 2. The Kier molecular flexibility index (Phi) is 6.99. The summed E-state index contributed by atoms with van der Waals surface area (Å²) in [4.78, 5) is 12.6. The van der Waals surface area contributed by atoms with Crippen molar-refractivity contribution in [2.24, 2.45) is 16.2 Å². The summed E-state index contributed by atoms with van der Waals surface area (Å²) in [6.45, 7) is 8.39. The number of esters is 1. The van der Waals surface area contributed by atoms with Crippen LogP contribution in [0.4, 0.5) is 0 Å². The van der Waals surface area contributed by atoms with E-state index in [4.69, 9.17) is 4.74 Å². The van der Waals surface area contributed by atoms with Crippen LogP contribution in [0.5, 0.6) is 0 Å². The molecule has 0 radical (unpaired) electrons. The SMILES string of the molecule is Cc1ccc(S(=O)(=O)/N=C/C(=O)O[C@@H]2C[C@H](C)CC[C@H]2C(C)(C)c2ccccc2)cc1. The second-order valence-electron chi connectivity index (χ2n) is 9.11. The van der Waals surface area contributed by atoms with Gasteiger partial charge in [-0.3, -0.25) is 0 Å². The van der Waals surface area contributed by atoms with Gasteiger partial charge in [0, 0.05) is 5.92 Å². The molecule has 3 atom stereocenters. The van der Waals surface area contributed by atoms with Gasteiger partial charge in [0.2, 0.25) is 0 Å². The molecule has 1 aliphatic carbocycles. The van der Waals surface area contributed by atoms with Crippen molar-refractivity contribution >= 4 is 22.2 Å². The molecular weight excluding hydrogens is 410 g/mol. The maximum Gasteiger partial charge on any atom is 0.350 e. The molecule has 1 aliphatic rings. The third-order valence-electron chi connectivity index (χ3n) is 6.38. The average Bonchev–Trinajstić information content (AvgIpc) is 2.73. The normalized spacial score (nSPS) is 22.4. The first-order chi connectivity index (χ1) is 14.6. The molecule has 0 saturated heterocycles. The Labute approximate surface area is 185 Å². The van der Waals surface area contributed by atoms with Crippen LogP contribution in [0.1, 0.15) is 51.2 Å². The smallest absolute Gasteiger partial charge is 0.350 e. The Balaban J connectivity index is 1.76. The van der Waals surface area contributed by atoms with Gasteiger partial charge in [-0.05, 0) is 48.8 Å². The minimum atomic E-state index is -3.94. The fourth-order valence-electron chi connectivity index (χ4n) is 4.43. The maximum absolute atomic E-state index is 12.5. The second kappa shape index (κ2) is 9.35. The van der Waals surface area contributed by atoms with Crippen molar-refractivity contribution in [1.82, 2.24) is 0 Å². The molecule has 0 N–H and O–H groups in total. The summed E-state index contributed by atoms with van der Waals surface area (Å²) in [6.07, 6.45) is 3.27. The number of hydrogen-bond donors (Lipinski definition) is 0. The van der Waals surface area contributed by atoms with Crippen LogP contribution in [0.2, 0.25) is 0 Å². The molecule has 5 nitrogen and oxygen atoms in total. The molecule has 0 unspecified atom stereocenters. The maximum atomic E-state index is 12.5. The molecule has 2 aromatic rings. The zero-order valence-electron chi connectivity index (χ0n) is 18.6. The van der Waals surface area contributed by atoms with E-state index in [1.165, 1.54) is 17.7 Å². The van der Waals surface area contributed by atoms with Crippen LogP contribution in [0.15, 0.2) is 63.9 Å². The molecule has 0 heterocycles. The molecule has 0 spiro atoms. The van der Waals surface area contributed by atoms with E-state index in [1.54, 1.807) is 12.1 Å². The van der Waals surface area contributed by atoms with Crippen LogP contribution in [-0.2, 0) is 25.0 Å². The van der Waals surface area contributed by atoms with Crippen LogP contribution in [0, 0.1) is 18.8 Å². The average molecular weight is 442 g/mol. The molecule has 0 aliphatic heterocycles. The molecule has 31 heavy (non-hydrogen) atoms. The Bertz CT molecular complexity index is 1030. The summed E-state index contributed by atoms with van der Waals surface area (Å²) in [7, 11) is -3.94. The van der Waals surface area contributed by atoms with E-state index < -0.39 is 16.0 Å². The van der Waals surface area contributed by atoms with Gasteiger partial charge in [-0.15, -0.1) is 0 Å². The molecule has 166 valence electrons. The lowest BCUT2D eigenvalue weighted by molar-refractivity contribution is -0.147. The molecule has 0 bridgehead atoms. The monoisotopic (exact) mass is 441 g/mol. The highest BCUT2D eigenvalue weighted by atomic mass is 32.2. The lowest BCUT2D eigenvalue weighted by atomic mass is 9.64. The lowest BCUT2D eigenvalue weighted by Crippen LogP contribution is -2.43. The van der Waals surface area contributed by atoms with E-state index >= 15 is 0 Å². The van der Waals surface area contributed by atoms with Gasteiger partial charge in [0.15, 0.2) is 0 Å². The van der Waals surface area contributed by atoms with Crippen molar-refractivity contribution in [1.29, 1.82) is 0 Å². The van der Waals surface area contributed by atoms with Gasteiger partial charge in [-0.25, -0.2) is 4.79 Å². The Morgan fingerprint density at radius 1 is 1.06 bits per heavy atom. The molecular formula is C25H31NO4S. The molecule has 1 saturated carbocycles. The van der Waals surface area contributed by atoms with Crippen molar-refractivity contribution in [2.75, 3.05) is 0 Å². The summed E-state index contributed by atoms with van der Waals surface area (Å²) in [6, 6.07) is 16.6. The molecule has 0 amide bonds. The predicted molar refractivity (Wildman–Crippen MR) is 123 cm³/mol. The zero-order chi connectivity index (χ0) is 22.6. The Morgan fingerprint density at radius 3 is 2.35 bits per heavy atom. The molecule has 1 fully saturated rings. The highest BCUT2D eigenvalue weighted by Crippen LogP contribution is 2.43. The number of rotatable bonds is 6. The third kappa shape index (κ3) is 5.62. The molecule has 3 rings (SSSR count). The van der Waals surface area contributed by atoms with Crippen LogP contribution in [0.25, 0.3) is 0 Å². The number of sulfonamides is 1. The summed E-state index contributed by atoms with van der Waals surface area (Å²) < 4.78 is 34.1. The third-order valence-corrected chi connectivity index (χ3v) is 7.63. The van der Waals surface area contributed by atoms with Gasteiger partial charge in [-0.2, -0.15) is 12.8 Å². The first kappa shape index (κ1) is 23.2. The minimum Gasteiger partial charge on any atom is -0.458 e. The van der Waals surface area contributed by atoms with Crippen LogP contribution in [0.3, 0.4) is 0 Å². The van der Waals surface area contributed by atoms with Crippen molar-refractivity contribution in [3.63, 3.8) is 0 Å². The summed E-state index contributed by atoms with van der Waals surface area (Å²) in [5.74, 6) is -0.144. The first-order valence-corrected chi connectivity index (χ1v) is 12.2. The van der Waals surface area contributed by atoms with E-state index in [0.29, 0.717) is 5.92 Å². The van der Waals surface area contributed by atoms with E-state index in [0.717, 1.165) is 31.0 Å². The zero-order valence-corrected chi connectivity index (χ0v) is 19.4. The van der Waals surface area contributed by atoms with Crippen LogP contribution in [-0.4, -0.2) is 26.7 Å². The molecule has 2 aromatic carbocycles. The van der Waals surface area contributed by atoms with Gasteiger partial charge < -0.3 is 4.74 Å². The standard InChI is InChI=1S/C25H31NO4S/c1-18-10-13-21(14-11-18)31(28,29)26-17-24(27)30-23-16-19(2)12-15-22(23)25(3,4)20-8-6-5-7-9-20/h5-11,13-14,17,19,22-23H,12,15-16H2,1-4H3/b26-17+/t19-,22-,23-/m1/s1.